The smallest absolute Gasteiger partial charge is 0.123 e. The SMILES string of the molecule is Fc1ccc(N2CCNCC2c2ccccn2)cc1. The summed E-state index contributed by atoms with van der Waals surface area (Å²) < 4.78 is 13.0. The van der Waals surface area contributed by atoms with Crippen LogP contribution in [-0.4, -0.2) is 24.6 Å². The highest BCUT2D eigenvalue weighted by molar-refractivity contribution is 5.49. The third-order valence-electron chi connectivity index (χ3n) is 3.43. The van der Waals surface area contributed by atoms with Crippen LogP contribution < -0.4 is 10.2 Å². The Morgan fingerprint density at radius 2 is 2.00 bits per heavy atom. The first kappa shape index (κ1) is 12.1. The van der Waals surface area contributed by atoms with Gasteiger partial charge in [0.2, 0.25) is 0 Å². The Kier molecular flexibility index (Phi) is 3.42. The molecule has 0 amide bonds. The Bertz CT molecular complexity index is 527. The van der Waals surface area contributed by atoms with Gasteiger partial charge in [-0.3, -0.25) is 4.98 Å². The molecular weight excluding hydrogens is 241 g/mol. The summed E-state index contributed by atoms with van der Waals surface area (Å²) in [4.78, 5) is 6.72. The Labute approximate surface area is 112 Å². The summed E-state index contributed by atoms with van der Waals surface area (Å²) >= 11 is 0. The van der Waals surface area contributed by atoms with Crippen molar-refractivity contribution in [2.75, 3.05) is 24.5 Å². The molecule has 0 spiro atoms. The van der Waals surface area contributed by atoms with E-state index in [2.05, 4.69) is 15.2 Å². The second-order valence-electron chi connectivity index (χ2n) is 4.64. The van der Waals surface area contributed by atoms with Crippen molar-refractivity contribution in [1.82, 2.24) is 10.3 Å². The third-order valence-corrected chi connectivity index (χ3v) is 3.43. The van der Waals surface area contributed by atoms with Crippen molar-refractivity contribution in [2.45, 2.75) is 6.04 Å². The fourth-order valence-corrected chi connectivity index (χ4v) is 2.48. The van der Waals surface area contributed by atoms with Gasteiger partial charge in [-0.15, -0.1) is 0 Å². The van der Waals surface area contributed by atoms with Crippen LogP contribution in [0, 0.1) is 5.82 Å². The summed E-state index contributed by atoms with van der Waals surface area (Å²) in [6.45, 7) is 2.68. The molecule has 1 aliphatic rings. The molecule has 0 aliphatic carbocycles. The van der Waals surface area contributed by atoms with Gasteiger partial charge in [-0.25, -0.2) is 4.39 Å². The highest BCUT2D eigenvalue weighted by Gasteiger charge is 2.24. The number of nitrogens with zero attached hydrogens (tertiary/aromatic N) is 2. The van der Waals surface area contributed by atoms with Crippen LogP contribution in [0.15, 0.2) is 48.7 Å². The van der Waals surface area contributed by atoms with Crippen molar-refractivity contribution in [3.8, 4) is 0 Å². The zero-order valence-corrected chi connectivity index (χ0v) is 10.6. The van der Waals surface area contributed by atoms with E-state index in [1.165, 1.54) is 12.1 Å². The summed E-state index contributed by atoms with van der Waals surface area (Å²) in [6, 6.07) is 12.8. The summed E-state index contributed by atoms with van der Waals surface area (Å²) in [7, 11) is 0. The van der Waals surface area contributed by atoms with Gasteiger partial charge < -0.3 is 10.2 Å². The number of aromatic nitrogens is 1. The molecular formula is C15H16FN3. The first-order chi connectivity index (χ1) is 9.34. The minimum absolute atomic E-state index is 0.195. The number of hydrogen-bond donors (Lipinski definition) is 1. The average molecular weight is 257 g/mol. The molecule has 4 heteroatoms. The number of rotatable bonds is 2. The van der Waals surface area contributed by atoms with E-state index in [0.717, 1.165) is 31.0 Å². The Hall–Kier alpha value is -1.94. The van der Waals surface area contributed by atoms with Crippen LogP contribution in [0.3, 0.4) is 0 Å². The molecule has 1 atom stereocenters. The monoisotopic (exact) mass is 257 g/mol. The average Bonchev–Trinajstić information content (AvgIpc) is 2.49. The van der Waals surface area contributed by atoms with Crippen molar-refractivity contribution >= 4 is 5.69 Å². The van der Waals surface area contributed by atoms with Gasteiger partial charge in [0.1, 0.15) is 5.82 Å². The molecule has 0 bridgehead atoms. The van der Waals surface area contributed by atoms with Gasteiger partial charge in [0.15, 0.2) is 0 Å². The van der Waals surface area contributed by atoms with E-state index in [1.54, 1.807) is 0 Å². The van der Waals surface area contributed by atoms with Crippen LogP contribution >= 0.6 is 0 Å². The molecule has 2 heterocycles. The molecule has 1 N–H and O–H groups in total. The second kappa shape index (κ2) is 5.36. The Morgan fingerprint density at radius 3 is 2.74 bits per heavy atom. The molecule has 1 aromatic heterocycles. The quantitative estimate of drug-likeness (QED) is 0.895. The number of nitrogens with one attached hydrogen (secondary N) is 1. The number of hydrogen-bond acceptors (Lipinski definition) is 3. The molecule has 1 unspecified atom stereocenters. The third kappa shape index (κ3) is 2.58. The number of halogens is 1. The zero-order valence-electron chi connectivity index (χ0n) is 10.6. The molecule has 1 aromatic carbocycles. The Balaban J connectivity index is 1.91. The number of piperazine rings is 1. The molecule has 3 rings (SSSR count). The highest BCUT2D eigenvalue weighted by atomic mass is 19.1. The van der Waals surface area contributed by atoms with Gasteiger partial charge in [0.25, 0.3) is 0 Å². The molecule has 0 saturated carbocycles. The molecule has 3 nitrogen and oxygen atoms in total. The van der Waals surface area contributed by atoms with Gasteiger partial charge in [0, 0.05) is 31.5 Å². The number of pyridine rings is 1. The number of benzene rings is 1. The minimum atomic E-state index is -0.201. The topological polar surface area (TPSA) is 28.2 Å². The van der Waals surface area contributed by atoms with Crippen LogP contribution in [0.5, 0.6) is 0 Å². The lowest BCUT2D eigenvalue weighted by molar-refractivity contribution is 0.482. The van der Waals surface area contributed by atoms with Gasteiger partial charge in [-0.2, -0.15) is 0 Å². The molecule has 0 radical (unpaired) electrons. The van der Waals surface area contributed by atoms with Crippen molar-refractivity contribution in [3.63, 3.8) is 0 Å². The van der Waals surface area contributed by atoms with E-state index < -0.39 is 0 Å². The predicted molar refractivity (Wildman–Crippen MR) is 73.6 cm³/mol. The van der Waals surface area contributed by atoms with Crippen molar-refractivity contribution in [1.29, 1.82) is 0 Å². The van der Waals surface area contributed by atoms with Gasteiger partial charge >= 0.3 is 0 Å². The maximum Gasteiger partial charge on any atom is 0.123 e. The molecule has 2 aromatic rings. The fraction of sp³-hybridized carbons (Fsp3) is 0.267. The van der Waals surface area contributed by atoms with Crippen LogP contribution in [0.25, 0.3) is 0 Å². The molecule has 1 aliphatic heterocycles. The van der Waals surface area contributed by atoms with Crippen LogP contribution in [-0.2, 0) is 0 Å². The maximum absolute atomic E-state index is 13.0. The van der Waals surface area contributed by atoms with E-state index in [1.807, 2.05) is 36.5 Å². The molecule has 98 valence electrons. The summed E-state index contributed by atoms with van der Waals surface area (Å²) in [5, 5.41) is 3.39. The van der Waals surface area contributed by atoms with Crippen molar-refractivity contribution < 1.29 is 4.39 Å². The predicted octanol–water partition coefficient (Wildman–Crippen LogP) is 2.37. The zero-order chi connectivity index (χ0) is 13.1. The van der Waals surface area contributed by atoms with Crippen LogP contribution in [0.4, 0.5) is 10.1 Å². The maximum atomic E-state index is 13.0. The normalized spacial score (nSPS) is 19.4. The summed E-state index contributed by atoms with van der Waals surface area (Å²) in [6.07, 6.45) is 1.81. The lowest BCUT2D eigenvalue weighted by atomic mass is 10.1. The first-order valence-electron chi connectivity index (χ1n) is 6.48. The summed E-state index contributed by atoms with van der Waals surface area (Å²) in [5.74, 6) is -0.201. The summed E-state index contributed by atoms with van der Waals surface area (Å²) in [5.41, 5.74) is 2.08. The Morgan fingerprint density at radius 1 is 1.16 bits per heavy atom. The van der Waals surface area contributed by atoms with Gasteiger partial charge in [-0.1, -0.05) is 6.07 Å². The van der Waals surface area contributed by atoms with E-state index in [0.29, 0.717) is 0 Å². The van der Waals surface area contributed by atoms with Crippen LogP contribution in [0.1, 0.15) is 11.7 Å². The van der Waals surface area contributed by atoms with Crippen molar-refractivity contribution in [3.05, 3.63) is 60.2 Å². The number of anilines is 1. The van der Waals surface area contributed by atoms with E-state index in [-0.39, 0.29) is 11.9 Å². The lowest BCUT2D eigenvalue weighted by Crippen LogP contribution is -2.46. The standard InChI is InChI=1S/C15H16FN3/c16-12-4-6-13(7-5-12)19-10-9-17-11-15(19)14-3-1-2-8-18-14/h1-8,15,17H,9-11H2. The second-order valence-corrected chi connectivity index (χ2v) is 4.64. The van der Waals surface area contributed by atoms with E-state index >= 15 is 0 Å². The van der Waals surface area contributed by atoms with Gasteiger partial charge in [-0.05, 0) is 36.4 Å². The van der Waals surface area contributed by atoms with Gasteiger partial charge in [0.05, 0.1) is 11.7 Å². The fourth-order valence-electron chi connectivity index (χ4n) is 2.48. The molecule has 19 heavy (non-hydrogen) atoms. The minimum Gasteiger partial charge on any atom is -0.360 e. The highest BCUT2D eigenvalue weighted by Crippen LogP contribution is 2.27. The van der Waals surface area contributed by atoms with Crippen LogP contribution in [0.2, 0.25) is 0 Å². The largest absolute Gasteiger partial charge is 0.360 e. The molecule has 1 saturated heterocycles. The molecule has 1 fully saturated rings. The first-order valence-corrected chi connectivity index (χ1v) is 6.48. The lowest BCUT2D eigenvalue weighted by Gasteiger charge is -2.37. The van der Waals surface area contributed by atoms with Crippen molar-refractivity contribution in [2.24, 2.45) is 0 Å². The van der Waals surface area contributed by atoms with E-state index in [9.17, 15) is 4.39 Å². The van der Waals surface area contributed by atoms with E-state index in [4.69, 9.17) is 0 Å².